The van der Waals surface area contributed by atoms with E-state index in [0.29, 0.717) is 24.3 Å². The SMILES string of the molecule is O=C(O)c1ccccc1CNOCc1ccccc1. The van der Waals surface area contributed by atoms with Crippen molar-refractivity contribution in [3.8, 4) is 0 Å². The minimum absolute atomic E-state index is 0.290. The second-order valence-corrected chi connectivity index (χ2v) is 4.06. The van der Waals surface area contributed by atoms with E-state index in [1.54, 1.807) is 24.3 Å². The van der Waals surface area contributed by atoms with Crippen molar-refractivity contribution in [3.63, 3.8) is 0 Å². The molecule has 98 valence electrons. The Balaban J connectivity index is 1.85. The average Bonchev–Trinajstić information content (AvgIpc) is 2.45. The van der Waals surface area contributed by atoms with E-state index >= 15 is 0 Å². The summed E-state index contributed by atoms with van der Waals surface area (Å²) in [6, 6.07) is 16.6. The second-order valence-electron chi connectivity index (χ2n) is 4.06. The summed E-state index contributed by atoms with van der Waals surface area (Å²) in [6.45, 7) is 0.797. The van der Waals surface area contributed by atoms with E-state index in [2.05, 4.69) is 5.48 Å². The van der Waals surface area contributed by atoms with E-state index < -0.39 is 5.97 Å². The van der Waals surface area contributed by atoms with Crippen molar-refractivity contribution < 1.29 is 14.7 Å². The van der Waals surface area contributed by atoms with Crippen LogP contribution < -0.4 is 5.48 Å². The molecule has 2 rings (SSSR count). The molecule has 0 bridgehead atoms. The highest BCUT2D eigenvalue weighted by atomic mass is 16.6. The van der Waals surface area contributed by atoms with Gasteiger partial charge in [0.05, 0.1) is 12.2 Å². The monoisotopic (exact) mass is 257 g/mol. The van der Waals surface area contributed by atoms with Crippen molar-refractivity contribution in [2.75, 3.05) is 0 Å². The molecule has 0 atom stereocenters. The standard InChI is InChI=1S/C15H15NO3/c17-15(18)14-9-5-4-8-13(14)10-16-19-11-12-6-2-1-3-7-12/h1-9,16H,10-11H2,(H,17,18). The Labute approximate surface area is 111 Å². The number of hydrogen-bond donors (Lipinski definition) is 2. The van der Waals surface area contributed by atoms with Gasteiger partial charge in [-0.25, -0.2) is 4.79 Å². The summed E-state index contributed by atoms with van der Waals surface area (Å²) in [6.07, 6.45) is 0. The van der Waals surface area contributed by atoms with Crippen molar-refractivity contribution in [3.05, 3.63) is 71.3 Å². The van der Waals surface area contributed by atoms with Crippen LogP contribution in [0.5, 0.6) is 0 Å². The lowest BCUT2D eigenvalue weighted by atomic mass is 10.1. The first-order valence-corrected chi connectivity index (χ1v) is 5.97. The van der Waals surface area contributed by atoms with Gasteiger partial charge in [0.1, 0.15) is 0 Å². The highest BCUT2D eigenvalue weighted by molar-refractivity contribution is 5.89. The quantitative estimate of drug-likeness (QED) is 0.617. The Bertz CT molecular complexity index is 540. The van der Waals surface area contributed by atoms with Crippen LogP contribution in [0.25, 0.3) is 0 Å². The van der Waals surface area contributed by atoms with Crippen molar-refractivity contribution >= 4 is 5.97 Å². The van der Waals surface area contributed by atoms with Crippen molar-refractivity contribution in [2.24, 2.45) is 0 Å². The lowest BCUT2D eigenvalue weighted by molar-refractivity contribution is 0.0232. The van der Waals surface area contributed by atoms with E-state index in [4.69, 9.17) is 9.94 Å². The lowest BCUT2D eigenvalue weighted by Gasteiger charge is -2.08. The van der Waals surface area contributed by atoms with Crippen molar-refractivity contribution in [1.29, 1.82) is 0 Å². The van der Waals surface area contributed by atoms with E-state index in [9.17, 15) is 4.79 Å². The molecule has 4 nitrogen and oxygen atoms in total. The van der Waals surface area contributed by atoms with Gasteiger partial charge in [0, 0.05) is 6.54 Å². The maximum absolute atomic E-state index is 11.0. The average molecular weight is 257 g/mol. The predicted octanol–water partition coefficient (Wildman–Crippen LogP) is 2.61. The Kier molecular flexibility index (Phi) is 4.66. The molecular weight excluding hydrogens is 242 g/mol. The third-order valence-corrected chi connectivity index (χ3v) is 2.69. The van der Waals surface area contributed by atoms with Crippen LogP contribution in [0.15, 0.2) is 54.6 Å². The molecular formula is C15H15NO3. The maximum atomic E-state index is 11.0. The summed E-state index contributed by atoms with van der Waals surface area (Å²) in [4.78, 5) is 16.3. The zero-order chi connectivity index (χ0) is 13.5. The molecule has 0 fully saturated rings. The van der Waals surface area contributed by atoms with Crippen LogP contribution >= 0.6 is 0 Å². The van der Waals surface area contributed by atoms with E-state index in [-0.39, 0.29) is 0 Å². The molecule has 2 aromatic rings. The molecule has 0 aliphatic heterocycles. The lowest BCUT2D eigenvalue weighted by Crippen LogP contribution is -2.16. The van der Waals surface area contributed by atoms with Gasteiger partial charge in [-0.15, -0.1) is 0 Å². The van der Waals surface area contributed by atoms with Crippen molar-refractivity contribution in [1.82, 2.24) is 5.48 Å². The first kappa shape index (κ1) is 13.3. The third kappa shape index (κ3) is 3.91. The fourth-order valence-corrected chi connectivity index (χ4v) is 1.72. The molecule has 0 aliphatic carbocycles. The predicted molar refractivity (Wildman–Crippen MR) is 71.5 cm³/mol. The molecule has 0 aromatic heterocycles. The minimum Gasteiger partial charge on any atom is -0.478 e. The fourth-order valence-electron chi connectivity index (χ4n) is 1.72. The van der Waals surface area contributed by atoms with Gasteiger partial charge < -0.3 is 5.11 Å². The number of nitrogens with one attached hydrogen (secondary N) is 1. The number of carbonyl (C=O) groups is 1. The number of benzene rings is 2. The Hall–Kier alpha value is -2.17. The number of rotatable bonds is 6. The van der Waals surface area contributed by atoms with Crippen LogP contribution in [0.1, 0.15) is 21.5 Å². The number of carboxylic acid groups (broad SMARTS) is 1. The minimum atomic E-state index is -0.930. The highest BCUT2D eigenvalue weighted by Gasteiger charge is 2.08. The summed E-state index contributed by atoms with van der Waals surface area (Å²) < 4.78 is 0. The molecule has 0 aliphatic rings. The number of carboxylic acids is 1. The largest absolute Gasteiger partial charge is 0.478 e. The molecule has 0 unspecified atom stereocenters. The van der Waals surface area contributed by atoms with Crippen LogP contribution in [-0.2, 0) is 18.0 Å². The Morgan fingerprint density at radius 1 is 1.05 bits per heavy atom. The third-order valence-electron chi connectivity index (χ3n) is 2.69. The van der Waals surface area contributed by atoms with Crippen LogP contribution in [-0.4, -0.2) is 11.1 Å². The molecule has 2 N–H and O–H groups in total. The van der Waals surface area contributed by atoms with Crippen LogP contribution in [0.3, 0.4) is 0 Å². The summed E-state index contributed by atoms with van der Waals surface area (Å²) >= 11 is 0. The summed E-state index contributed by atoms with van der Waals surface area (Å²) in [5.74, 6) is -0.930. The van der Waals surface area contributed by atoms with Gasteiger partial charge in [-0.05, 0) is 17.2 Å². The van der Waals surface area contributed by atoms with Crippen LogP contribution in [0.4, 0.5) is 0 Å². The molecule has 19 heavy (non-hydrogen) atoms. The molecule has 0 amide bonds. The van der Waals surface area contributed by atoms with E-state index in [1.165, 1.54) is 0 Å². The second kappa shape index (κ2) is 6.68. The normalized spacial score (nSPS) is 10.3. The molecule has 4 heteroatoms. The first-order valence-electron chi connectivity index (χ1n) is 5.97. The van der Waals surface area contributed by atoms with E-state index in [1.807, 2.05) is 30.3 Å². The summed E-state index contributed by atoms with van der Waals surface area (Å²) in [5.41, 5.74) is 4.83. The zero-order valence-corrected chi connectivity index (χ0v) is 10.4. The molecule has 0 saturated heterocycles. The molecule has 0 heterocycles. The Morgan fingerprint density at radius 2 is 1.74 bits per heavy atom. The summed E-state index contributed by atoms with van der Waals surface area (Å²) in [7, 11) is 0. The Morgan fingerprint density at radius 3 is 2.47 bits per heavy atom. The highest BCUT2D eigenvalue weighted by Crippen LogP contribution is 2.08. The smallest absolute Gasteiger partial charge is 0.336 e. The van der Waals surface area contributed by atoms with Gasteiger partial charge in [0.25, 0.3) is 0 Å². The number of hydroxylamine groups is 1. The maximum Gasteiger partial charge on any atom is 0.336 e. The first-order chi connectivity index (χ1) is 9.27. The number of aromatic carboxylic acids is 1. The van der Waals surface area contributed by atoms with Gasteiger partial charge in [0.2, 0.25) is 0 Å². The molecule has 0 saturated carbocycles. The van der Waals surface area contributed by atoms with Gasteiger partial charge in [-0.2, -0.15) is 5.48 Å². The molecule has 0 radical (unpaired) electrons. The fraction of sp³-hybridized carbons (Fsp3) is 0.133. The van der Waals surface area contributed by atoms with Crippen LogP contribution in [0, 0.1) is 0 Å². The molecule has 2 aromatic carbocycles. The van der Waals surface area contributed by atoms with Gasteiger partial charge in [-0.1, -0.05) is 48.5 Å². The van der Waals surface area contributed by atoms with Crippen molar-refractivity contribution in [2.45, 2.75) is 13.2 Å². The topological polar surface area (TPSA) is 58.6 Å². The van der Waals surface area contributed by atoms with E-state index in [0.717, 1.165) is 5.56 Å². The van der Waals surface area contributed by atoms with Gasteiger partial charge in [-0.3, -0.25) is 4.84 Å². The zero-order valence-electron chi connectivity index (χ0n) is 10.4. The van der Waals surface area contributed by atoms with Gasteiger partial charge >= 0.3 is 5.97 Å². The number of hydrogen-bond acceptors (Lipinski definition) is 3. The summed E-state index contributed by atoms with van der Waals surface area (Å²) in [5, 5.41) is 9.03. The molecule has 0 spiro atoms. The van der Waals surface area contributed by atoms with Crippen LogP contribution in [0.2, 0.25) is 0 Å². The van der Waals surface area contributed by atoms with Gasteiger partial charge in [0.15, 0.2) is 0 Å².